The molecule has 1 unspecified atom stereocenters. The minimum absolute atomic E-state index is 0.0395. The maximum Gasteiger partial charge on any atom is 0.246 e. The van der Waals surface area contributed by atoms with Crippen LogP contribution in [0.15, 0.2) is 30.3 Å². The summed E-state index contributed by atoms with van der Waals surface area (Å²) < 4.78 is 0. The Kier molecular flexibility index (Phi) is 6.32. The minimum atomic E-state index is -0.127. The van der Waals surface area contributed by atoms with Gasteiger partial charge in [0.2, 0.25) is 11.8 Å². The van der Waals surface area contributed by atoms with Crippen molar-refractivity contribution in [3.63, 3.8) is 0 Å². The molecule has 1 saturated heterocycles. The standard InChI is InChI=1S/C22H31N3O2/c1-16(2)19-7-4-18(5-8-19)6-11-21(26)25-14-12-24(13-15-25)17(3)22(27)23-20-9-10-20/h4-8,11,16-17,20H,9-10,12-15H2,1-3H3,(H,23,27)/b11-6+. The van der Waals surface area contributed by atoms with E-state index in [0.717, 1.165) is 31.5 Å². The molecule has 1 aliphatic carbocycles. The molecule has 5 nitrogen and oxygen atoms in total. The van der Waals surface area contributed by atoms with E-state index in [1.165, 1.54) is 5.56 Å². The van der Waals surface area contributed by atoms with Gasteiger partial charge in [-0.3, -0.25) is 14.5 Å². The third-order valence-corrected chi connectivity index (χ3v) is 5.50. The lowest BCUT2D eigenvalue weighted by Gasteiger charge is -2.37. The third kappa shape index (κ3) is 5.42. The fourth-order valence-electron chi connectivity index (χ4n) is 3.31. The summed E-state index contributed by atoms with van der Waals surface area (Å²) in [6, 6.07) is 8.60. The summed E-state index contributed by atoms with van der Waals surface area (Å²) in [7, 11) is 0. The number of hydrogen-bond acceptors (Lipinski definition) is 3. The highest BCUT2D eigenvalue weighted by atomic mass is 16.2. The molecule has 0 aromatic heterocycles. The Morgan fingerprint density at radius 1 is 1.04 bits per heavy atom. The molecule has 0 bridgehead atoms. The van der Waals surface area contributed by atoms with Crippen LogP contribution in [0.1, 0.15) is 50.7 Å². The van der Waals surface area contributed by atoms with Crippen molar-refractivity contribution in [1.29, 1.82) is 0 Å². The van der Waals surface area contributed by atoms with E-state index in [9.17, 15) is 9.59 Å². The van der Waals surface area contributed by atoms with Crippen molar-refractivity contribution in [2.24, 2.45) is 0 Å². The quantitative estimate of drug-likeness (QED) is 0.785. The van der Waals surface area contributed by atoms with Gasteiger partial charge in [0.05, 0.1) is 6.04 Å². The molecule has 1 saturated carbocycles. The van der Waals surface area contributed by atoms with E-state index in [2.05, 4.69) is 48.3 Å². The molecular formula is C22H31N3O2. The monoisotopic (exact) mass is 369 g/mol. The fourth-order valence-corrected chi connectivity index (χ4v) is 3.31. The number of amides is 2. The van der Waals surface area contributed by atoms with Gasteiger partial charge in [0.25, 0.3) is 0 Å². The van der Waals surface area contributed by atoms with Crippen LogP contribution >= 0.6 is 0 Å². The van der Waals surface area contributed by atoms with Crippen LogP contribution in [0, 0.1) is 0 Å². The molecule has 1 heterocycles. The highest BCUT2D eigenvalue weighted by molar-refractivity contribution is 5.91. The Morgan fingerprint density at radius 2 is 1.67 bits per heavy atom. The first-order valence-electron chi connectivity index (χ1n) is 10.1. The van der Waals surface area contributed by atoms with Crippen molar-refractivity contribution in [2.75, 3.05) is 26.2 Å². The molecule has 1 aromatic rings. The van der Waals surface area contributed by atoms with E-state index in [1.807, 2.05) is 17.9 Å². The number of hydrogen-bond donors (Lipinski definition) is 1. The van der Waals surface area contributed by atoms with Gasteiger partial charge in [-0.15, -0.1) is 0 Å². The van der Waals surface area contributed by atoms with Gasteiger partial charge < -0.3 is 10.2 Å². The number of benzene rings is 1. The number of carbonyl (C=O) groups excluding carboxylic acids is 2. The van der Waals surface area contributed by atoms with Gasteiger partial charge in [-0.05, 0) is 42.9 Å². The number of nitrogens with one attached hydrogen (secondary N) is 1. The van der Waals surface area contributed by atoms with Gasteiger partial charge in [-0.1, -0.05) is 38.1 Å². The van der Waals surface area contributed by atoms with Crippen molar-refractivity contribution in [3.05, 3.63) is 41.5 Å². The molecule has 2 aliphatic rings. The van der Waals surface area contributed by atoms with Crippen LogP contribution in [0.2, 0.25) is 0 Å². The molecule has 5 heteroatoms. The molecule has 0 radical (unpaired) electrons. The van der Waals surface area contributed by atoms with E-state index in [1.54, 1.807) is 6.08 Å². The first-order valence-corrected chi connectivity index (χ1v) is 10.1. The van der Waals surface area contributed by atoms with Gasteiger partial charge in [0, 0.05) is 38.3 Å². The SMILES string of the molecule is CC(C)c1ccc(/C=C/C(=O)N2CCN(C(C)C(=O)NC3CC3)CC2)cc1. The van der Waals surface area contributed by atoms with Crippen molar-refractivity contribution in [1.82, 2.24) is 15.1 Å². The summed E-state index contributed by atoms with van der Waals surface area (Å²) in [6.07, 6.45) is 5.74. The Labute approximate surface area is 162 Å². The van der Waals surface area contributed by atoms with Crippen molar-refractivity contribution >= 4 is 17.9 Å². The van der Waals surface area contributed by atoms with Crippen LogP contribution in [0.25, 0.3) is 6.08 Å². The second-order valence-electron chi connectivity index (χ2n) is 7.97. The highest BCUT2D eigenvalue weighted by Crippen LogP contribution is 2.19. The number of rotatable bonds is 6. The van der Waals surface area contributed by atoms with Crippen molar-refractivity contribution in [2.45, 2.75) is 51.6 Å². The van der Waals surface area contributed by atoms with E-state index >= 15 is 0 Å². The summed E-state index contributed by atoms with van der Waals surface area (Å²) in [6.45, 7) is 9.10. The molecule has 2 fully saturated rings. The number of nitrogens with zero attached hydrogens (tertiary/aromatic N) is 2. The number of carbonyl (C=O) groups is 2. The average molecular weight is 370 g/mol. The fraction of sp³-hybridized carbons (Fsp3) is 0.545. The maximum absolute atomic E-state index is 12.5. The summed E-state index contributed by atoms with van der Waals surface area (Å²) in [5.41, 5.74) is 2.34. The smallest absolute Gasteiger partial charge is 0.246 e. The van der Waals surface area contributed by atoms with Crippen LogP contribution in [0.5, 0.6) is 0 Å². The molecule has 1 N–H and O–H groups in total. The van der Waals surface area contributed by atoms with Crippen LogP contribution in [0.3, 0.4) is 0 Å². The predicted octanol–water partition coefficient (Wildman–Crippen LogP) is 2.63. The molecule has 27 heavy (non-hydrogen) atoms. The average Bonchev–Trinajstić information content (AvgIpc) is 3.50. The van der Waals surface area contributed by atoms with Crippen LogP contribution in [-0.4, -0.2) is 59.9 Å². The summed E-state index contributed by atoms with van der Waals surface area (Å²) in [5, 5.41) is 3.06. The Bertz CT molecular complexity index is 684. The maximum atomic E-state index is 12.5. The number of piperazine rings is 1. The minimum Gasteiger partial charge on any atom is -0.352 e. The van der Waals surface area contributed by atoms with E-state index in [4.69, 9.17) is 0 Å². The van der Waals surface area contributed by atoms with Gasteiger partial charge in [-0.2, -0.15) is 0 Å². The lowest BCUT2D eigenvalue weighted by atomic mass is 10.0. The topological polar surface area (TPSA) is 52.7 Å². The summed E-state index contributed by atoms with van der Waals surface area (Å²) in [4.78, 5) is 28.7. The lowest BCUT2D eigenvalue weighted by molar-refractivity contribution is -0.130. The van der Waals surface area contributed by atoms with Crippen molar-refractivity contribution < 1.29 is 9.59 Å². The van der Waals surface area contributed by atoms with Gasteiger partial charge >= 0.3 is 0 Å². The third-order valence-electron chi connectivity index (χ3n) is 5.50. The molecule has 0 spiro atoms. The summed E-state index contributed by atoms with van der Waals surface area (Å²) >= 11 is 0. The normalized spacial score (nSPS) is 19.5. The Hall–Kier alpha value is -2.14. The van der Waals surface area contributed by atoms with E-state index in [0.29, 0.717) is 25.0 Å². The van der Waals surface area contributed by atoms with Gasteiger partial charge in [-0.25, -0.2) is 0 Å². The molecule has 3 rings (SSSR count). The highest BCUT2D eigenvalue weighted by Gasteiger charge is 2.30. The zero-order valence-electron chi connectivity index (χ0n) is 16.6. The molecule has 1 atom stereocenters. The first kappa shape index (κ1) is 19.6. The zero-order chi connectivity index (χ0) is 19.4. The molecular weight excluding hydrogens is 338 g/mol. The summed E-state index contributed by atoms with van der Waals surface area (Å²) in [5.74, 6) is 0.661. The predicted molar refractivity (Wildman–Crippen MR) is 108 cm³/mol. The first-order chi connectivity index (χ1) is 12.9. The lowest BCUT2D eigenvalue weighted by Crippen LogP contribution is -2.55. The van der Waals surface area contributed by atoms with Crippen molar-refractivity contribution in [3.8, 4) is 0 Å². The largest absolute Gasteiger partial charge is 0.352 e. The van der Waals surface area contributed by atoms with Crippen LogP contribution in [-0.2, 0) is 9.59 Å². The second-order valence-corrected chi connectivity index (χ2v) is 7.97. The Morgan fingerprint density at radius 3 is 2.22 bits per heavy atom. The van der Waals surface area contributed by atoms with Gasteiger partial charge in [0.15, 0.2) is 0 Å². The van der Waals surface area contributed by atoms with Gasteiger partial charge in [0.1, 0.15) is 0 Å². The second kappa shape index (κ2) is 8.70. The molecule has 1 aliphatic heterocycles. The molecule has 146 valence electrons. The van der Waals surface area contributed by atoms with Crippen LogP contribution in [0.4, 0.5) is 0 Å². The van der Waals surface area contributed by atoms with E-state index in [-0.39, 0.29) is 17.9 Å². The van der Waals surface area contributed by atoms with Crippen LogP contribution < -0.4 is 5.32 Å². The molecule has 1 aromatic carbocycles. The molecule has 2 amide bonds. The van der Waals surface area contributed by atoms with E-state index < -0.39 is 0 Å². The zero-order valence-corrected chi connectivity index (χ0v) is 16.6. The Balaban J connectivity index is 1.46.